The molecule has 178 valence electrons. The normalized spacial score (nSPS) is 11.2. The molecule has 0 saturated carbocycles. The number of hydrogen-bond acceptors (Lipinski definition) is 3. The zero-order chi connectivity index (χ0) is 23.3. The lowest BCUT2D eigenvalue weighted by Gasteiger charge is -2.04. The van der Waals surface area contributed by atoms with Crippen molar-refractivity contribution >= 4 is 34.0 Å². The van der Waals surface area contributed by atoms with E-state index in [0.717, 1.165) is 11.3 Å². The van der Waals surface area contributed by atoms with Crippen molar-refractivity contribution in [3.05, 3.63) is 45.6 Å². The molecule has 0 fully saturated rings. The van der Waals surface area contributed by atoms with Gasteiger partial charge >= 0.3 is 0 Å². The summed E-state index contributed by atoms with van der Waals surface area (Å²) in [5.74, 6) is 2.89. The van der Waals surface area contributed by atoms with Crippen molar-refractivity contribution in [3.63, 3.8) is 0 Å². The van der Waals surface area contributed by atoms with Crippen LogP contribution < -0.4 is 0 Å². The Morgan fingerprint density at radius 2 is 1.24 bits per heavy atom. The van der Waals surface area contributed by atoms with E-state index in [4.69, 9.17) is 6.42 Å². The highest BCUT2D eigenvalue weighted by atomic mass is 32.1. The molecule has 0 N–H and O–H groups in total. The van der Waals surface area contributed by atoms with Gasteiger partial charge < -0.3 is 0 Å². The zero-order valence-electron chi connectivity index (χ0n) is 20.6. The van der Waals surface area contributed by atoms with E-state index in [1.54, 1.807) is 11.3 Å². The predicted octanol–water partition coefficient (Wildman–Crippen LogP) is 11.0. The second-order valence-electron chi connectivity index (χ2n) is 9.08. The minimum Gasteiger partial charge on any atom is -0.143 e. The molecule has 0 aliphatic rings. The van der Waals surface area contributed by atoms with Crippen LogP contribution in [0.2, 0.25) is 0 Å². The Hall–Kier alpha value is -1.34. The molecule has 0 bridgehead atoms. The highest BCUT2D eigenvalue weighted by Crippen LogP contribution is 2.43. The fourth-order valence-electron chi connectivity index (χ4n) is 4.42. The molecule has 0 radical (unpaired) electrons. The molecule has 3 heterocycles. The highest BCUT2D eigenvalue weighted by molar-refractivity contribution is 7.26. The fourth-order valence-corrected chi connectivity index (χ4v) is 7.71. The predicted molar refractivity (Wildman–Crippen MR) is 153 cm³/mol. The first-order valence-electron chi connectivity index (χ1n) is 13.0. The van der Waals surface area contributed by atoms with E-state index in [1.165, 1.54) is 114 Å². The van der Waals surface area contributed by atoms with Crippen molar-refractivity contribution in [3.8, 4) is 31.9 Å². The Morgan fingerprint density at radius 3 is 1.88 bits per heavy atom. The molecule has 3 aromatic heterocycles. The average molecular weight is 497 g/mol. The summed E-state index contributed by atoms with van der Waals surface area (Å²) in [6.07, 6.45) is 24.3. The maximum Gasteiger partial charge on any atom is 0.0775 e. The van der Waals surface area contributed by atoms with E-state index in [2.05, 4.69) is 49.4 Å². The standard InChI is InChI=1S/C30H40S3/c1-4-7-9-11-13-15-17-24-21-22-31-29(24)27-19-20-28(33-27)30-25(23-26(6-3)32-30)18-16-14-12-10-8-5-2/h3,19-23H,4-5,7-18H2,1-2H3. The van der Waals surface area contributed by atoms with Crippen LogP contribution in [0.1, 0.15) is 107 Å². The molecule has 33 heavy (non-hydrogen) atoms. The van der Waals surface area contributed by atoms with E-state index in [-0.39, 0.29) is 0 Å². The number of rotatable bonds is 16. The van der Waals surface area contributed by atoms with Gasteiger partial charge in [0.2, 0.25) is 0 Å². The van der Waals surface area contributed by atoms with Gasteiger partial charge in [0.15, 0.2) is 0 Å². The number of aryl methyl sites for hydroxylation is 2. The van der Waals surface area contributed by atoms with Gasteiger partial charge in [-0.25, -0.2) is 0 Å². The maximum atomic E-state index is 5.77. The summed E-state index contributed by atoms with van der Waals surface area (Å²) in [5, 5.41) is 2.27. The first-order valence-corrected chi connectivity index (χ1v) is 15.5. The second-order valence-corrected chi connectivity index (χ2v) is 12.1. The molecule has 3 heteroatoms. The minimum atomic E-state index is 1.07. The molecule has 3 aromatic rings. The maximum absolute atomic E-state index is 5.77. The fraction of sp³-hybridized carbons (Fsp3) is 0.533. The summed E-state index contributed by atoms with van der Waals surface area (Å²) in [7, 11) is 0. The molecule has 0 aliphatic heterocycles. The van der Waals surface area contributed by atoms with Crippen LogP contribution in [0.5, 0.6) is 0 Å². The zero-order valence-corrected chi connectivity index (χ0v) is 23.0. The third kappa shape index (κ3) is 8.13. The van der Waals surface area contributed by atoms with Gasteiger partial charge in [-0.3, -0.25) is 0 Å². The number of terminal acetylenes is 1. The van der Waals surface area contributed by atoms with Gasteiger partial charge in [-0.2, -0.15) is 0 Å². The molecular formula is C30H40S3. The molecule has 0 nitrogen and oxygen atoms in total. The van der Waals surface area contributed by atoms with Crippen molar-refractivity contribution in [2.75, 3.05) is 0 Å². The van der Waals surface area contributed by atoms with Gasteiger partial charge in [-0.1, -0.05) is 84.0 Å². The van der Waals surface area contributed by atoms with Gasteiger partial charge in [0.25, 0.3) is 0 Å². The Kier molecular flexibility index (Phi) is 11.8. The van der Waals surface area contributed by atoms with E-state index >= 15 is 0 Å². The Labute approximate surface area is 214 Å². The Morgan fingerprint density at radius 1 is 0.667 bits per heavy atom. The molecule has 3 rings (SSSR count). The van der Waals surface area contributed by atoms with E-state index in [9.17, 15) is 0 Å². The molecule has 0 spiro atoms. The molecule has 0 aromatic carbocycles. The lowest BCUT2D eigenvalue weighted by molar-refractivity contribution is 0.608. The quantitative estimate of drug-likeness (QED) is 0.137. The van der Waals surface area contributed by atoms with Crippen molar-refractivity contribution in [1.82, 2.24) is 0 Å². The Balaban J connectivity index is 1.63. The second kappa shape index (κ2) is 14.8. The number of unbranched alkanes of at least 4 members (excludes halogenated alkanes) is 10. The van der Waals surface area contributed by atoms with Crippen molar-refractivity contribution in [2.24, 2.45) is 0 Å². The molecule has 0 amide bonds. The van der Waals surface area contributed by atoms with Crippen LogP contribution in [-0.4, -0.2) is 0 Å². The average Bonchev–Trinajstić information content (AvgIpc) is 3.57. The summed E-state index contributed by atoms with van der Waals surface area (Å²) < 4.78 is 0. The molecule has 0 unspecified atom stereocenters. The summed E-state index contributed by atoms with van der Waals surface area (Å²) in [6.45, 7) is 4.57. The van der Waals surface area contributed by atoms with Crippen LogP contribution in [0.3, 0.4) is 0 Å². The van der Waals surface area contributed by atoms with Crippen LogP contribution in [-0.2, 0) is 12.8 Å². The molecule has 0 aliphatic carbocycles. The van der Waals surface area contributed by atoms with E-state index < -0.39 is 0 Å². The lowest BCUT2D eigenvalue weighted by Crippen LogP contribution is -1.86. The van der Waals surface area contributed by atoms with Gasteiger partial charge in [0.1, 0.15) is 0 Å². The van der Waals surface area contributed by atoms with Crippen LogP contribution in [0.4, 0.5) is 0 Å². The first kappa shape index (κ1) is 26.3. The topological polar surface area (TPSA) is 0 Å². The van der Waals surface area contributed by atoms with Crippen molar-refractivity contribution in [1.29, 1.82) is 0 Å². The molecular weight excluding hydrogens is 457 g/mol. The van der Waals surface area contributed by atoms with Crippen LogP contribution in [0.15, 0.2) is 29.6 Å². The highest BCUT2D eigenvalue weighted by Gasteiger charge is 2.15. The van der Waals surface area contributed by atoms with Crippen molar-refractivity contribution in [2.45, 2.75) is 104 Å². The smallest absolute Gasteiger partial charge is 0.0775 e. The molecule has 0 saturated heterocycles. The molecule has 0 atom stereocenters. The Bertz CT molecular complexity index is 979. The third-order valence-electron chi connectivity index (χ3n) is 6.35. The van der Waals surface area contributed by atoms with E-state index in [0.29, 0.717) is 0 Å². The summed E-state index contributed by atoms with van der Waals surface area (Å²) >= 11 is 5.65. The van der Waals surface area contributed by atoms with Gasteiger partial charge in [-0.15, -0.1) is 40.4 Å². The minimum absolute atomic E-state index is 1.07. The van der Waals surface area contributed by atoms with Gasteiger partial charge in [0, 0.05) is 19.5 Å². The SMILES string of the molecule is C#Cc1cc(CCCCCCCC)c(-c2ccc(-c3sccc3CCCCCCCC)s2)s1. The number of thiophene rings is 3. The van der Waals surface area contributed by atoms with Gasteiger partial charge in [0.05, 0.1) is 4.88 Å². The largest absolute Gasteiger partial charge is 0.143 e. The summed E-state index contributed by atoms with van der Waals surface area (Å²) in [4.78, 5) is 6.76. The van der Waals surface area contributed by atoms with Crippen molar-refractivity contribution < 1.29 is 0 Å². The first-order chi connectivity index (χ1) is 16.3. The van der Waals surface area contributed by atoms with E-state index in [1.807, 2.05) is 22.7 Å². The summed E-state index contributed by atoms with van der Waals surface area (Å²) in [6, 6.07) is 9.27. The van der Waals surface area contributed by atoms with Crippen LogP contribution >= 0.6 is 34.0 Å². The monoisotopic (exact) mass is 496 g/mol. The van der Waals surface area contributed by atoms with Gasteiger partial charge in [-0.05, 0) is 66.5 Å². The number of hydrogen-bond donors (Lipinski definition) is 0. The lowest BCUT2D eigenvalue weighted by atomic mass is 10.0. The van der Waals surface area contributed by atoms with Crippen LogP contribution in [0.25, 0.3) is 19.5 Å². The third-order valence-corrected chi connectivity index (χ3v) is 9.86. The van der Waals surface area contributed by atoms with Crippen LogP contribution in [0, 0.1) is 12.3 Å². The summed E-state index contributed by atoms with van der Waals surface area (Å²) in [5.41, 5.74) is 2.99.